The van der Waals surface area contributed by atoms with Crippen LogP contribution in [-0.4, -0.2) is 55.1 Å². The SMILES string of the molecule is O=C(Cc1cccc2ccccc12)NCCN1CCN(c2nc3ccc(Cl)cc3s2)CC1. The number of fused-ring (bicyclic) bond motifs is 2. The van der Waals surface area contributed by atoms with Crippen LogP contribution in [0.3, 0.4) is 0 Å². The Labute approximate surface area is 196 Å². The van der Waals surface area contributed by atoms with Crippen molar-refractivity contribution in [3.63, 3.8) is 0 Å². The van der Waals surface area contributed by atoms with Gasteiger partial charge in [0.15, 0.2) is 5.13 Å². The highest BCUT2D eigenvalue weighted by Gasteiger charge is 2.20. The summed E-state index contributed by atoms with van der Waals surface area (Å²) in [7, 11) is 0. The number of halogens is 1. The fourth-order valence-electron chi connectivity index (χ4n) is 4.22. The van der Waals surface area contributed by atoms with Crippen LogP contribution in [0.25, 0.3) is 21.0 Å². The van der Waals surface area contributed by atoms with Crippen molar-refractivity contribution in [3.05, 3.63) is 71.2 Å². The molecule has 1 aliphatic rings. The summed E-state index contributed by atoms with van der Waals surface area (Å²) in [6.07, 6.45) is 0.413. The maximum absolute atomic E-state index is 12.5. The van der Waals surface area contributed by atoms with Crippen LogP contribution in [0.15, 0.2) is 60.7 Å². The van der Waals surface area contributed by atoms with Crippen LogP contribution < -0.4 is 10.2 Å². The zero-order chi connectivity index (χ0) is 21.9. The zero-order valence-electron chi connectivity index (χ0n) is 17.8. The summed E-state index contributed by atoms with van der Waals surface area (Å²) >= 11 is 7.80. The molecule has 5 nitrogen and oxygen atoms in total. The number of nitrogens with one attached hydrogen (secondary N) is 1. The Bertz CT molecular complexity index is 1240. The van der Waals surface area contributed by atoms with Gasteiger partial charge in [-0.25, -0.2) is 4.98 Å². The van der Waals surface area contributed by atoms with Crippen LogP contribution >= 0.6 is 22.9 Å². The van der Waals surface area contributed by atoms with E-state index >= 15 is 0 Å². The molecule has 0 aliphatic carbocycles. The van der Waals surface area contributed by atoms with Gasteiger partial charge in [-0.3, -0.25) is 9.69 Å². The van der Waals surface area contributed by atoms with Crippen LogP contribution in [-0.2, 0) is 11.2 Å². The Hall–Kier alpha value is -2.67. The van der Waals surface area contributed by atoms with E-state index in [2.05, 4.69) is 33.3 Å². The molecule has 0 unspecified atom stereocenters. The molecule has 0 radical (unpaired) electrons. The number of benzene rings is 3. The number of carbonyl (C=O) groups excluding carboxylic acids is 1. The number of thiazole rings is 1. The number of anilines is 1. The van der Waals surface area contributed by atoms with Crippen molar-refractivity contribution >= 4 is 55.0 Å². The number of nitrogens with zero attached hydrogens (tertiary/aromatic N) is 3. The lowest BCUT2D eigenvalue weighted by Gasteiger charge is -2.34. The Morgan fingerprint density at radius 1 is 1.03 bits per heavy atom. The molecule has 4 aromatic rings. The highest BCUT2D eigenvalue weighted by Crippen LogP contribution is 2.31. The highest BCUT2D eigenvalue weighted by atomic mass is 35.5. The molecule has 0 bridgehead atoms. The Morgan fingerprint density at radius 3 is 2.72 bits per heavy atom. The van der Waals surface area contributed by atoms with Crippen LogP contribution in [0, 0.1) is 0 Å². The third-order valence-electron chi connectivity index (χ3n) is 5.96. The first kappa shape index (κ1) is 21.2. The summed E-state index contributed by atoms with van der Waals surface area (Å²) in [6, 6.07) is 20.2. The van der Waals surface area contributed by atoms with Crippen LogP contribution in [0.5, 0.6) is 0 Å². The summed E-state index contributed by atoms with van der Waals surface area (Å²) < 4.78 is 1.13. The van der Waals surface area contributed by atoms with Crippen LogP contribution in [0.2, 0.25) is 5.02 Å². The van der Waals surface area contributed by atoms with E-state index in [1.807, 2.05) is 42.5 Å². The lowest BCUT2D eigenvalue weighted by molar-refractivity contribution is -0.120. The van der Waals surface area contributed by atoms with E-state index in [0.717, 1.165) is 64.0 Å². The quantitative estimate of drug-likeness (QED) is 0.453. The first-order valence-electron chi connectivity index (χ1n) is 10.9. The first-order chi connectivity index (χ1) is 15.7. The topological polar surface area (TPSA) is 48.5 Å². The monoisotopic (exact) mass is 464 g/mol. The van der Waals surface area contributed by atoms with Crippen molar-refractivity contribution in [3.8, 4) is 0 Å². The molecule has 1 aliphatic heterocycles. The van der Waals surface area contributed by atoms with E-state index in [-0.39, 0.29) is 5.91 Å². The average molecular weight is 465 g/mol. The van der Waals surface area contributed by atoms with Crippen LogP contribution in [0.1, 0.15) is 5.56 Å². The predicted molar refractivity (Wildman–Crippen MR) is 134 cm³/mol. The molecule has 0 saturated carbocycles. The average Bonchev–Trinajstić information content (AvgIpc) is 3.23. The molecule has 1 amide bonds. The van der Waals surface area contributed by atoms with E-state index < -0.39 is 0 Å². The van der Waals surface area contributed by atoms with Crippen molar-refractivity contribution < 1.29 is 4.79 Å². The maximum atomic E-state index is 12.5. The summed E-state index contributed by atoms with van der Waals surface area (Å²) in [5, 5.41) is 7.23. The van der Waals surface area contributed by atoms with Crippen molar-refractivity contribution in [1.82, 2.24) is 15.2 Å². The number of carbonyl (C=O) groups is 1. The molecule has 7 heteroatoms. The number of amides is 1. The summed E-state index contributed by atoms with van der Waals surface area (Å²) in [4.78, 5) is 22.0. The fraction of sp³-hybridized carbons (Fsp3) is 0.280. The minimum Gasteiger partial charge on any atom is -0.355 e. The number of aromatic nitrogens is 1. The normalized spacial score (nSPS) is 14.8. The zero-order valence-corrected chi connectivity index (χ0v) is 19.3. The van der Waals surface area contributed by atoms with Gasteiger partial charge in [-0.05, 0) is 34.5 Å². The molecule has 1 aromatic heterocycles. The summed E-state index contributed by atoms with van der Waals surface area (Å²) in [5.74, 6) is 0.0770. The number of piperazine rings is 1. The molecule has 32 heavy (non-hydrogen) atoms. The third-order valence-corrected chi connectivity index (χ3v) is 7.28. The molecule has 0 spiro atoms. The Morgan fingerprint density at radius 2 is 1.84 bits per heavy atom. The van der Waals surface area contributed by atoms with E-state index in [0.29, 0.717) is 13.0 Å². The standard InChI is InChI=1S/C25H25ClN4OS/c26-20-8-9-22-23(17-20)32-25(28-22)30-14-12-29(13-15-30)11-10-27-24(31)16-19-6-3-5-18-4-1-2-7-21(18)19/h1-9,17H,10-16H2,(H,27,31). The Balaban J connectivity index is 1.09. The molecule has 3 aromatic carbocycles. The lowest BCUT2D eigenvalue weighted by atomic mass is 10.0. The summed E-state index contributed by atoms with van der Waals surface area (Å²) in [5.41, 5.74) is 2.08. The van der Waals surface area contributed by atoms with Crippen molar-refractivity contribution in [2.45, 2.75) is 6.42 Å². The molecular formula is C25H25ClN4OS. The Kier molecular flexibility index (Phi) is 6.26. The fourth-order valence-corrected chi connectivity index (χ4v) is 5.51. The molecular weight excluding hydrogens is 440 g/mol. The largest absolute Gasteiger partial charge is 0.355 e. The van der Waals surface area contributed by atoms with Crippen molar-refractivity contribution in [1.29, 1.82) is 0 Å². The third kappa shape index (κ3) is 4.72. The van der Waals surface area contributed by atoms with E-state index in [1.165, 1.54) is 5.39 Å². The lowest BCUT2D eigenvalue weighted by Crippen LogP contribution is -2.48. The highest BCUT2D eigenvalue weighted by molar-refractivity contribution is 7.22. The van der Waals surface area contributed by atoms with Crippen molar-refractivity contribution in [2.24, 2.45) is 0 Å². The molecule has 0 atom stereocenters. The van der Waals surface area contributed by atoms with Crippen LogP contribution in [0.4, 0.5) is 5.13 Å². The van der Waals surface area contributed by atoms with Gasteiger partial charge in [-0.2, -0.15) is 0 Å². The molecule has 1 N–H and O–H groups in total. The number of rotatable bonds is 6. The number of hydrogen-bond acceptors (Lipinski definition) is 5. The number of hydrogen-bond donors (Lipinski definition) is 1. The first-order valence-corrected chi connectivity index (χ1v) is 12.1. The molecule has 1 saturated heterocycles. The van der Waals surface area contributed by atoms with Gasteiger partial charge in [-0.15, -0.1) is 0 Å². The van der Waals surface area contributed by atoms with Gasteiger partial charge in [-0.1, -0.05) is 65.4 Å². The predicted octanol–water partition coefficient (Wildman–Crippen LogP) is 4.58. The van der Waals surface area contributed by atoms with Gasteiger partial charge in [0, 0.05) is 44.3 Å². The van der Waals surface area contributed by atoms with Gasteiger partial charge >= 0.3 is 0 Å². The van der Waals surface area contributed by atoms with E-state index in [4.69, 9.17) is 16.6 Å². The van der Waals surface area contributed by atoms with Gasteiger partial charge in [0.05, 0.1) is 16.6 Å². The minimum absolute atomic E-state index is 0.0770. The maximum Gasteiger partial charge on any atom is 0.224 e. The second-order valence-electron chi connectivity index (χ2n) is 8.10. The van der Waals surface area contributed by atoms with E-state index in [9.17, 15) is 4.79 Å². The van der Waals surface area contributed by atoms with Gasteiger partial charge in [0.25, 0.3) is 0 Å². The van der Waals surface area contributed by atoms with E-state index in [1.54, 1.807) is 11.3 Å². The second kappa shape index (κ2) is 9.45. The second-order valence-corrected chi connectivity index (χ2v) is 9.55. The molecule has 2 heterocycles. The smallest absolute Gasteiger partial charge is 0.224 e. The summed E-state index contributed by atoms with van der Waals surface area (Å²) in [6.45, 7) is 5.36. The molecule has 164 valence electrons. The van der Waals surface area contributed by atoms with Gasteiger partial charge in [0.2, 0.25) is 5.91 Å². The molecule has 5 rings (SSSR count). The van der Waals surface area contributed by atoms with Gasteiger partial charge in [0.1, 0.15) is 0 Å². The molecule has 1 fully saturated rings. The van der Waals surface area contributed by atoms with Gasteiger partial charge < -0.3 is 10.2 Å². The minimum atomic E-state index is 0.0770. The van der Waals surface area contributed by atoms with Crippen molar-refractivity contribution in [2.75, 3.05) is 44.2 Å².